The number of halogens is 1. The Kier molecular flexibility index (Phi) is 8.02. The summed E-state index contributed by atoms with van der Waals surface area (Å²) >= 11 is 0. The number of hydrogen-bond acceptors (Lipinski definition) is 3. The van der Waals surface area contributed by atoms with Gasteiger partial charge in [0.1, 0.15) is 5.82 Å². The molecule has 0 unspecified atom stereocenters. The molecule has 1 heterocycles. The summed E-state index contributed by atoms with van der Waals surface area (Å²) < 4.78 is 18.8. The van der Waals surface area contributed by atoms with Crippen LogP contribution in [0.15, 0.2) is 47.5 Å². The van der Waals surface area contributed by atoms with Crippen LogP contribution in [0.3, 0.4) is 0 Å². The Labute approximate surface area is 173 Å². The summed E-state index contributed by atoms with van der Waals surface area (Å²) in [4.78, 5) is 6.78. The van der Waals surface area contributed by atoms with Crippen molar-refractivity contribution in [2.75, 3.05) is 27.2 Å². The lowest BCUT2D eigenvalue weighted by Crippen LogP contribution is -2.36. The number of ether oxygens (including phenoxy) is 1. The van der Waals surface area contributed by atoms with E-state index in [0.717, 1.165) is 12.1 Å². The van der Waals surface area contributed by atoms with E-state index in [0.29, 0.717) is 24.6 Å². The van der Waals surface area contributed by atoms with Gasteiger partial charge in [0.2, 0.25) is 0 Å². The number of nitrogens with zero attached hydrogens (tertiary/aromatic N) is 2. The molecule has 3 rings (SSSR count). The third-order valence-corrected chi connectivity index (χ3v) is 5.18. The van der Waals surface area contributed by atoms with E-state index in [1.54, 1.807) is 20.2 Å². The fraction of sp³-hybridized carbons (Fsp3) is 0.435. The first-order chi connectivity index (χ1) is 14.2. The standard InChI is InChI=1S/C23H31FN4O/c1-25-23(27-15-20-9-10-22(24)21(13-20)17-29-2)26-14-18-5-7-19(8-6-18)16-28-11-3-4-12-28/h5-10,13H,3-4,11-12,14-17H2,1-2H3,(H2,25,26,27). The number of methoxy groups -OCH3 is 1. The molecule has 0 aliphatic carbocycles. The first kappa shape index (κ1) is 21.3. The molecule has 1 aliphatic rings. The second kappa shape index (κ2) is 10.9. The number of nitrogens with one attached hydrogen (secondary N) is 2. The molecule has 2 N–H and O–H groups in total. The van der Waals surface area contributed by atoms with Crippen LogP contribution in [-0.2, 0) is 31.0 Å². The number of hydrogen-bond donors (Lipinski definition) is 2. The molecule has 0 aromatic heterocycles. The van der Waals surface area contributed by atoms with Gasteiger partial charge in [-0.05, 0) is 54.8 Å². The monoisotopic (exact) mass is 398 g/mol. The van der Waals surface area contributed by atoms with Crippen molar-refractivity contribution in [3.63, 3.8) is 0 Å². The SMILES string of the molecule is CN=C(NCc1ccc(CN2CCCC2)cc1)NCc1ccc(F)c(COC)c1. The number of guanidine groups is 1. The average Bonchev–Trinajstić information content (AvgIpc) is 3.25. The Morgan fingerprint density at radius 2 is 1.62 bits per heavy atom. The molecule has 0 saturated carbocycles. The lowest BCUT2D eigenvalue weighted by molar-refractivity contribution is 0.181. The number of aliphatic imine (C=N–C) groups is 1. The van der Waals surface area contributed by atoms with Crippen molar-refractivity contribution in [3.05, 3.63) is 70.5 Å². The first-order valence-corrected chi connectivity index (χ1v) is 10.2. The topological polar surface area (TPSA) is 48.9 Å². The van der Waals surface area contributed by atoms with Crippen molar-refractivity contribution in [2.24, 2.45) is 4.99 Å². The van der Waals surface area contributed by atoms with E-state index in [-0.39, 0.29) is 12.4 Å². The molecule has 5 nitrogen and oxygen atoms in total. The van der Waals surface area contributed by atoms with Crippen molar-refractivity contribution in [3.8, 4) is 0 Å². The third kappa shape index (κ3) is 6.54. The Hall–Kier alpha value is -2.44. The molecule has 1 saturated heterocycles. The Balaban J connectivity index is 1.47. The van der Waals surface area contributed by atoms with Gasteiger partial charge >= 0.3 is 0 Å². The highest BCUT2D eigenvalue weighted by Crippen LogP contribution is 2.14. The second-order valence-corrected chi connectivity index (χ2v) is 7.44. The van der Waals surface area contributed by atoms with E-state index < -0.39 is 0 Å². The maximum absolute atomic E-state index is 13.7. The van der Waals surface area contributed by atoms with Gasteiger partial charge in [-0.1, -0.05) is 30.3 Å². The maximum atomic E-state index is 13.7. The lowest BCUT2D eigenvalue weighted by atomic mass is 10.1. The van der Waals surface area contributed by atoms with Crippen LogP contribution in [-0.4, -0.2) is 38.1 Å². The van der Waals surface area contributed by atoms with Crippen LogP contribution in [0.1, 0.15) is 35.1 Å². The Morgan fingerprint density at radius 1 is 1.00 bits per heavy atom. The van der Waals surface area contributed by atoms with E-state index in [2.05, 4.69) is 44.8 Å². The van der Waals surface area contributed by atoms with Gasteiger partial charge in [0.25, 0.3) is 0 Å². The van der Waals surface area contributed by atoms with Gasteiger partial charge in [-0.2, -0.15) is 0 Å². The molecule has 1 fully saturated rings. The molecule has 0 amide bonds. The van der Waals surface area contributed by atoms with E-state index in [9.17, 15) is 4.39 Å². The molecule has 29 heavy (non-hydrogen) atoms. The summed E-state index contributed by atoms with van der Waals surface area (Å²) in [5.41, 5.74) is 4.11. The van der Waals surface area contributed by atoms with Crippen LogP contribution in [0.5, 0.6) is 0 Å². The zero-order chi connectivity index (χ0) is 20.5. The van der Waals surface area contributed by atoms with Crippen LogP contribution in [0.25, 0.3) is 0 Å². The zero-order valence-electron chi connectivity index (χ0n) is 17.4. The van der Waals surface area contributed by atoms with Crippen LogP contribution in [0, 0.1) is 5.82 Å². The molecular formula is C23H31FN4O. The molecule has 156 valence electrons. The molecular weight excluding hydrogens is 367 g/mol. The van der Waals surface area contributed by atoms with Crippen molar-refractivity contribution in [1.29, 1.82) is 0 Å². The van der Waals surface area contributed by atoms with Gasteiger partial charge in [0.15, 0.2) is 5.96 Å². The fourth-order valence-corrected chi connectivity index (χ4v) is 3.56. The molecule has 0 atom stereocenters. The number of benzene rings is 2. The third-order valence-electron chi connectivity index (χ3n) is 5.18. The van der Waals surface area contributed by atoms with E-state index in [4.69, 9.17) is 4.74 Å². The molecule has 1 aliphatic heterocycles. The second-order valence-electron chi connectivity index (χ2n) is 7.44. The summed E-state index contributed by atoms with van der Waals surface area (Å²) in [6, 6.07) is 13.8. The molecule has 0 radical (unpaired) electrons. The predicted molar refractivity (Wildman–Crippen MR) is 115 cm³/mol. The van der Waals surface area contributed by atoms with E-state index in [1.807, 2.05) is 6.07 Å². The lowest BCUT2D eigenvalue weighted by Gasteiger charge is -2.15. The summed E-state index contributed by atoms with van der Waals surface area (Å²) in [7, 11) is 3.31. The minimum absolute atomic E-state index is 0.244. The highest BCUT2D eigenvalue weighted by molar-refractivity contribution is 5.79. The van der Waals surface area contributed by atoms with Gasteiger partial charge in [-0.15, -0.1) is 0 Å². The van der Waals surface area contributed by atoms with Crippen LogP contribution in [0.4, 0.5) is 4.39 Å². The molecule has 6 heteroatoms. The van der Waals surface area contributed by atoms with Crippen molar-refractivity contribution >= 4 is 5.96 Å². The largest absolute Gasteiger partial charge is 0.380 e. The molecule has 0 spiro atoms. The number of rotatable bonds is 8. The summed E-state index contributed by atoms with van der Waals surface area (Å²) in [6.45, 7) is 4.99. The fourth-order valence-electron chi connectivity index (χ4n) is 3.56. The smallest absolute Gasteiger partial charge is 0.191 e. The van der Waals surface area contributed by atoms with Crippen LogP contribution < -0.4 is 10.6 Å². The quantitative estimate of drug-likeness (QED) is 0.528. The van der Waals surface area contributed by atoms with Gasteiger partial charge < -0.3 is 15.4 Å². The first-order valence-electron chi connectivity index (χ1n) is 10.2. The summed E-state index contributed by atoms with van der Waals surface area (Å²) in [6.07, 6.45) is 2.64. The van der Waals surface area contributed by atoms with Gasteiger partial charge in [-0.3, -0.25) is 9.89 Å². The summed E-state index contributed by atoms with van der Waals surface area (Å²) in [5.74, 6) is 0.468. The van der Waals surface area contributed by atoms with Gasteiger partial charge in [-0.25, -0.2) is 4.39 Å². The minimum Gasteiger partial charge on any atom is -0.380 e. The Morgan fingerprint density at radius 3 is 2.28 bits per heavy atom. The molecule has 2 aromatic carbocycles. The predicted octanol–water partition coefficient (Wildman–Crippen LogP) is 3.43. The average molecular weight is 399 g/mol. The normalized spacial score (nSPS) is 14.9. The molecule has 2 aromatic rings. The van der Waals surface area contributed by atoms with Gasteiger partial charge in [0, 0.05) is 39.4 Å². The van der Waals surface area contributed by atoms with Crippen molar-refractivity contribution in [1.82, 2.24) is 15.5 Å². The van der Waals surface area contributed by atoms with Crippen LogP contribution in [0.2, 0.25) is 0 Å². The van der Waals surface area contributed by atoms with E-state index in [1.165, 1.54) is 43.1 Å². The molecule has 0 bridgehead atoms. The van der Waals surface area contributed by atoms with E-state index >= 15 is 0 Å². The van der Waals surface area contributed by atoms with Gasteiger partial charge in [0.05, 0.1) is 6.61 Å². The maximum Gasteiger partial charge on any atom is 0.191 e. The van der Waals surface area contributed by atoms with Crippen molar-refractivity contribution in [2.45, 2.75) is 39.1 Å². The minimum atomic E-state index is -0.244. The zero-order valence-corrected chi connectivity index (χ0v) is 17.4. The Bertz CT molecular complexity index is 801. The highest BCUT2D eigenvalue weighted by Gasteiger charge is 2.11. The van der Waals surface area contributed by atoms with Crippen LogP contribution >= 0.6 is 0 Å². The van der Waals surface area contributed by atoms with Crippen molar-refractivity contribution < 1.29 is 9.13 Å². The highest BCUT2D eigenvalue weighted by atomic mass is 19.1. The number of likely N-dealkylation sites (tertiary alicyclic amines) is 1. The summed E-state index contributed by atoms with van der Waals surface area (Å²) in [5, 5.41) is 6.60.